The van der Waals surface area contributed by atoms with Gasteiger partial charge in [-0.15, -0.1) is 13.2 Å². The SMILES string of the molecule is CC(=O)c1cc(NC(=O)c2c(Oc3ccc(OC(F)(F)F)cc3)ccc(C(F)(F)F)c2F)c(C)cn1. The Labute approximate surface area is 198 Å². The number of alkyl halides is 6. The molecule has 6 nitrogen and oxygen atoms in total. The Hall–Kier alpha value is -4.16. The maximum absolute atomic E-state index is 15.0. The van der Waals surface area contributed by atoms with Crippen molar-refractivity contribution in [1.82, 2.24) is 4.98 Å². The zero-order chi connectivity index (χ0) is 26.8. The highest BCUT2D eigenvalue weighted by molar-refractivity contribution is 6.07. The molecule has 0 unspecified atom stereocenters. The highest BCUT2D eigenvalue weighted by Crippen LogP contribution is 2.38. The minimum atomic E-state index is -5.15. The van der Waals surface area contributed by atoms with Gasteiger partial charge < -0.3 is 14.8 Å². The maximum atomic E-state index is 15.0. The van der Waals surface area contributed by atoms with Crippen LogP contribution in [-0.4, -0.2) is 23.0 Å². The third-order valence-corrected chi connectivity index (χ3v) is 4.63. The zero-order valence-corrected chi connectivity index (χ0v) is 18.3. The van der Waals surface area contributed by atoms with E-state index in [0.717, 1.165) is 24.3 Å². The number of hydrogen-bond donors (Lipinski definition) is 1. The minimum absolute atomic E-state index is 0.0170. The summed E-state index contributed by atoms with van der Waals surface area (Å²) in [4.78, 5) is 28.4. The summed E-state index contributed by atoms with van der Waals surface area (Å²) in [7, 11) is 0. The van der Waals surface area contributed by atoms with Gasteiger partial charge in [0.15, 0.2) is 11.6 Å². The van der Waals surface area contributed by atoms with Crippen molar-refractivity contribution in [1.29, 1.82) is 0 Å². The number of ketones is 1. The number of Topliss-reactive ketones (excluding diaryl/α,β-unsaturated/α-hetero) is 1. The van der Waals surface area contributed by atoms with Crippen molar-refractivity contribution >= 4 is 17.4 Å². The van der Waals surface area contributed by atoms with Crippen LogP contribution < -0.4 is 14.8 Å². The van der Waals surface area contributed by atoms with Crippen molar-refractivity contribution in [2.75, 3.05) is 5.32 Å². The Bertz CT molecular complexity index is 1300. The number of rotatable bonds is 6. The molecule has 3 aromatic rings. The number of amides is 1. The summed E-state index contributed by atoms with van der Waals surface area (Å²) in [6.07, 6.45) is -8.88. The van der Waals surface area contributed by atoms with E-state index in [1.807, 2.05) is 0 Å². The number of carbonyl (C=O) groups excluding carboxylic acids is 2. The third-order valence-electron chi connectivity index (χ3n) is 4.63. The average Bonchev–Trinajstić information content (AvgIpc) is 2.74. The zero-order valence-electron chi connectivity index (χ0n) is 18.3. The second-order valence-electron chi connectivity index (χ2n) is 7.31. The number of nitrogens with zero attached hydrogens (tertiary/aromatic N) is 1. The highest BCUT2D eigenvalue weighted by atomic mass is 19.4. The van der Waals surface area contributed by atoms with Crippen LogP contribution in [0.4, 0.5) is 36.4 Å². The number of carbonyl (C=O) groups is 2. The summed E-state index contributed by atoms with van der Waals surface area (Å²) in [6, 6.07) is 5.88. The molecule has 0 bridgehead atoms. The van der Waals surface area contributed by atoms with Crippen molar-refractivity contribution in [3.8, 4) is 17.2 Å². The molecule has 2 aromatic carbocycles. The number of benzene rings is 2. The minimum Gasteiger partial charge on any atom is -0.456 e. The lowest BCUT2D eigenvalue weighted by Gasteiger charge is -2.17. The first kappa shape index (κ1) is 26.4. The summed E-state index contributed by atoms with van der Waals surface area (Å²) in [5.74, 6) is -5.22. The molecular formula is C23H15F7N2O4. The third kappa shape index (κ3) is 6.29. The van der Waals surface area contributed by atoms with Crippen LogP contribution in [0.25, 0.3) is 0 Å². The van der Waals surface area contributed by atoms with E-state index in [-0.39, 0.29) is 17.1 Å². The molecule has 0 radical (unpaired) electrons. The van der Waals surface area contributed by atoms with Gasteiger partial charge in [0.25, 0.3) is 5.91 Å². The summed E-state index contributed by atoms with van der Waals surface area (Å²) in [6.45, 7) is 2.68. The lowest BCUT2D eigenvalue weighted by Crippen LogP contribution is -2.19. The van der Waals surface area contributed by atoms with Crippen molar-refractivity contribution in [2.45, 2.75) is 26.4 Å². The number of anilines is 1. The van der Waals surface area contributed by atoms with Crippen LogP contribution in [0.1, 0.15) is 38.9 Å². The van der Waals surface area contributed by atoms with Gasteiger partial charge in [-0.3, -0.25) is 14.6 Å². The van der Waals surface area contributed by atoms with E-state index >= 15 is 0 Å². The molecule has 1 aromatic heterocycles. The molecule has 0 saturated carbocycles. The first-order chi connectivity index (χ1) is 16.7. The Morgan fingerprint density at radius 3 is 2.11 bits per heavy atom. The molecule has 0 saturated heterocycles. The van der Waals surface area contributed by atoms with Gasteiger partial charge in [0.1, 0.15) is 28.5 Å². The molecule has 0 aliphatic carbocycles. The summed E-state index contributed by atoms with van der Waals surface area (Å²) < 4.78 is 101. The van der Waals surface area contributed by atoms with Gasteiger partial charge in [0.05, 0.1) is 5.56 Å². The lowest BCUT2D eigenvalue weighted by atomic mass is 10.1. The molecule has 0 aliphatic heterocycles. The quantitative estimate of drug-likeness (QED) is 0.292. The number of pyridine rings is 1. The molecule has 3 rings (SSSR count). The second-order valence-corrected chi connectivity index (χ2v) is 7.31. The molecule has 0 aliphatic rings. The summed E-state index contributed by atoms with van der Waals surface area (Å²) >= 11 is 0. The highest BCUT2D eigenvalue weighted by Gasteiger charge is 2.37. The first-order valence-corrected chi connectivity index (χ1v) is 9.88. The van der Waals surface area contributed by atoms with E-state index in [4.69, 9.17) is 4.74 Å². The summed E-state index contributed by atoms with van der Waals surface area (Å²) in [5, 5.41) is 2.24. The fourth-order valence-corrected chi connectivity index (χ4v) is 2.95. The average molecular weight is 516 g/mol. The normalized spacial score (nSPS) is 11.7. The standard InChI is InChI=1S/C23H15F7N2O4/c1-11-10-31-17(12(2)33)9-16(11)32-21(34)19-18(8-7-15(20(19)24)22(25,26)27)35-13-3-5-14(6-4-13)36-23(28,29)30/h3-10H,1-2H3,(H,31,32,34). The lowest BCUT2D eigenvalue weighted by molar-refractivity contribution is -0.274. The van der Waals surface area contributed by atoms with E-state index in [2.05, 4.69) is 15.0 Å². The van der Waals surface area contributed by atoms with E-state index < -0.39 is 52.7 Å². The molecule has 13 heteroatoms. The topological polar surface area (TPSA) is 77.5 Å². The van der Waals surface area contributed by atoms with Gasteiger partial charge in [0, 0.05) is 18.8 Å². The van der Waals surface area contributed by atoms with E-state index in [1.165, 1.54) is 26.1 Å². The molecule has 190 valence electrons. The fourth-order valence-electron chi connectivity index (χ4n) is 2.95. The van der Waals surface area contributed by atoms with Gasteiger partial charge in [-0.05, 0) is 55.0 Å². The number of ether oxygens (including phenoxy) is 2. The van der Waals surface area contributed by atoms with E-state index in [0.29, 0.717) is 17.7 Å². The molecule has 36 heavy (non-hydrogen) atoms. The van der Waals surface area contributed by atoms with Crippen LogP contribution in [-0.2, 0) is 6.18 Å². The first-order valence-electron chi connectivity index (χ1n) is 9.88. The Kier molecular flexibility index (Phi) is 7.22. The smallest absolute Gasteiger partial charge is 0.456 e. The van der Waals surface area contributed by atoms with Gasteiger partial charge >= 0.3 is 12.5 Å². The fraction of sp³-hybridized carbons (Fsp3) is 0.174. The molecule has 0 fully saturated rings. The van der Waals surface area contributed by atoms with Gasteiger partial charge in [-0.25, -0.2) is 4.39 Å². The second kappa shape index (κ2) is 9.84. The van der Waals surface area contributed by atoms with E-state index in [9.17, 15) is 40.3 Å². The van der Waals surface area contributed by atoms with Crippen molar-refractivity contribution in [2.24, 2.45) is 0 Å². The molecule has 0 spiro atoms. The number of aromatic nitrogens is 1. The molecule has 0 atom stereocenters. The number of aryl methyl sites for hydroxylation is 1. The summed E-state index contributed by atoms with van der Waals surface area (Å²) in [5.41, 5.74) is -2.62. The maximum Gasteiger partial charge on any atom is 0.573 e. The number of halogens is 7. The van der Waals surface area contributed by atoms with E-state index in [1.54, 1.807) is 0 Å². The molecular weight excluding hydrogens is 501 g/mol. The largest absolute Gasteiger partial charge is 0.573 e. The molecule has 1 N–H and O–H groups in total. The van der Waals surface area contributed by atoms with Gasteiger partial charge in [0.2, 0.25) is 0 Å². The van der Waals surface area contributed by atoms with Crippen LogP contribution in [0.2, 0.25) is 0 Å². The van der Waals surface area contributed by atoms with Crippen LogP contribution in [0.5, 0.6) is 17.2 Å². The monoisotopic (exact) mass is 516 g/mol. The number of hydrogen-bond acceptors (Lipinski definition) is 5. The number of nitrogens with one attached hydrogen (secondary N) is 1. The predicted octanol–water partition coefficient (Wildman–Crippen LogP) is 6.69. The Morgan fingerprint density at radius 2 is 1.56 bits per heavy atom. The van der Waals surface area contributed by atoms with Crippen LogP contribution in [0, 0.1) is 12.7 Å². The van der Waals surface area contributed by atoms with Gasteiger partial charge in [-0.2, -0.15) is 13.2 Å². The predicted molar refractivity (Wildman–Crippen MR) is 112 cm³/mol. The van der Waals surface area contributed by atoms with Crippen molar-refractivity contribution in [3.05, 3.63) is 76.9 Å². The Balaban J connectivity index is 2.01. The van der Waals surface area contributed by atoms with Crippen LogP contribution in [0.15, 0.2) is 48.7 Å². The van der Waals surface area contributed by atoms with Crippen LogP contribution >= 0.6 is 0 Å². The Morgan fingerprint density at radius 1 is 0.944 bits per heavy atom. The molecule has 1 heterocycles. The van der Waals surface area contributed by atoms with Crippen molar-refractivity contribution < 1.29 is 49.8 Å². The molecule has 1 amide bonds. The van der Waals surface area contributed by atoms with Crippen molar-refractivity contribution in [3.63, 3.8) is 0 Å². The van der Waals surface area contributed by atoms with Crippen LogP contribution in [0.3, 0.4) is 0 Å². The van der Waals surface area contributed by atoms with Gasteiger partial charge in [-0.1, -0.05) is 0 Å².